The highest BCUT2D eigenvalue weighted by Crippen LogP contribution is 2.20. The van der Waals surface area contributed by atoms with Gasteiger partial charge in [0.2, 0.25) is 0 Å². The Morgan fingerprint density at radius 2 is 2.20 bits per heavy atom. The number of hydrogen-bond acceptors (Lipinski definition) is 4. The largest absolute Gasteiger partial charge is 0.463 e. The summed E-state index contributed by atoms with van der Waals surface area (Å²) in [7, 11) is 1.61. The molecule has 0 spiro atoms. The van der Waals surface area contributed by atoms with Crippen molar-refractivity contribution in [3.63, 3.8) is 0 Å². The summed E-state index contributed by atoms with van der Waals surface area (Å²) >= 11 is 0. The summed E-state index contributed by atoms with van der Waals surface area (Å²) in [6.45, 7) is 3.69. The fourth-order valence-electron chi connectivity index (χ4n) is 2.04. The number of methoxy groups -OCH3 is 1. The van der Waals surface area contributed by atoms with Gasteiger partial charge in [-0.2, -0.15) is 0 Å². The zero-order valence-electron chi connectivity index (χ0n) is 12.6. The van der Waals surface area contributed by atoms with E-state index in [2.05, 4.69) is 0 Å². The van der Waals surface area contributed by atoms with Crippen molar-refractivity contribution in [2.45, 2.75) is 58.2 Å². The first-order valence-electron chi connectivity index (χ1n) is 7.14. The quantitative estimate of drug-likeness (QED) is 0.390. The second-order valence-electron chi connectivity index (χ2n) is 5.20. The van der Waals surface area contributed by atoms with Gasteiger partial charge in [0.25, 0.3) is 0 Å². The fourth-order valence-corrected chi connectivity index (χ4v) is 2.04. The third kappa shape index (κ3) is 6.15. The third-order valence-corrected chi connectivity index (χ3v) is 3.06. The van der Waals surface area contributed by atoms with Crippen LogP contribution in [-0.2, 0) is 19.1 Å². The molecule has 0 aromatic rings. The predicted octanol–water partition coefficient (Wildman–Crippen LogP) is 2.97. The minimum Gasteiger partial charge on any atom is -0.463 e. The maximum atomic E-state index is 11.6. The van der Waals surface area contributed by atoms with Gasteiger partial charge in [0.1, 0.15) is 0 Å². The molecule has 0 amide bonds. The molecule has 4 nitrogen and oxygen atoms in total. The molecule has 20 heavy (non-hydrogen) atoms. The number of ether oxygens (including phenoxy) is 2. The van der Waals surface area contributed by atoms with Crippen LogP contribution in [0.25, 0.3) is 0 Å². The maximum absolute atomic E-state index is 11.6. The van der Waals surface area contributed by atoms with Crippen molar-refractivity contribution in [2.75, 3.05) is 7.11 Å². The lowest BCUT2D eigenvalue weighted by molar-refractivity contribution is -0.147. The number of carbonyl (C=O) groups is 2. The van der Waals surface area contributed by atoms with Crippen molar-refractivity contribution in [1.82, 2.24) is 0 Å². The molecule has 112 valence electrons. The Kier molecular flexibility index (Phi) is 7.23. The summed E-state index contributed by atoms with van der Waals surface area (Å²) in [6, 6.07) is 0. The van der Waals surface area contributed by atoms with Crippen molar-refractivity contribution < 1.29 is 19.1 Å². The third-order valence-electron chi connectivity index (χ3n) is 3.06. The maximum Gasteiger partial charge on any atom is 0.306 e. The second-order valence-corrected chi connectivity index (χ2v) is 5.20. The van der Waals surface area contributed by atoms with Gasteiger partial charge in [0, 0.05) is 20.0 Å². The Hall–Kier alpha value is -1.42. The minimum absolute atomic E-state index is 0.0490. The Bertz CT molecular complexity index is 393. The van der Waals surface area contributed by atoms with Crippen LogP contribution in [0.2, 0.25) is 0 Å². The molecule has 0 saturated heterocycles. The van der Waals surface area contributed by atoms with E-state index in [1.54, 1.807) is 7.11 Å². The van der Waals surface area contributed by atoms with Gasteiger partial charge in [-0.3, -0.25) is 9.59 Å². The van der Waals surface area contributed by atoms with E-state index in [4.69, 9.17) is 9.47 Å². The normalized spacial score (nSPS) is 18.9. The van der Waals surface area contributed by atoms with Gasteiger partial charge in [-0.1, -0.05) is 12.2 Å². The summed E-state index contributed by atoms with van der Waals surface area (Å²) in [6.07, 6.45) is 8.92. The lowest BCUT2D eigenvalue weighted by Crippen LogP contribution is -2.10. The molecule has 0 aromatic carbocycles. The van der Waals surface area contributed by atoms with Gasteiger partial charge in [-0.05, 0) is 44.8 Å². The van der Waals surface area contributed by atoms with Crippen LogP contribution in [-0.4, -0.2) is 31.1 Å². The molecular weight excluding hydrogens is 256 g/mol. The van der Waals surface area contributed by atoms with Gasteiger partial charge in [-0.25, -0.2) is 0 Å². The first-order valence-corrected chi connectivity index (χ1v) is 7.14. The Labute approximate surface area is 120 Å². The summed E-state index contributed by atoms with van der Waals surface area (Å²) < 4.78 is 10.2. The topological polar surface area (TPSA) is 52.6 Å². The molecule has 4 heteroatoms. The molecule has 1 rings (SSSR count). The van der Waals surface area contributed by atoms with E-state index in [0.717, 1.165) is 18.4 Å². The van der Waals surface area contributed by atoms with E-state index in [1.807, 2.05) is 32.1 Å². The van der Waals surface area contributed by atoms with Crippen LogP contribution in [0.4, 0.5) is 0 Å². The van der Waals surface area contributed by atoms with Crippen molar-refractivity contribution in [2.24, 2.45) is 0 Å². The Morgan fingerprint density at radius 3 is 2.80 bits per heavy atom. The van der Waals surface area contributed by atoms with Gasteiger partial charge in [0.05, 0.1) is 12.2 Å². The SMILES string of the molecule is COC1C=C(C/C=C\CCCC(=O)OC(C)C)C(=O)C1. The van der Waals surface area contributed by atoms with Crippen LogP contribution < -0.4 is 0 Å². The molecule has 0 heterocycles. The lowest BCUT2D eigenvalue weighted by atomic mass is 10.1. The zero-order valence-corrected chi connectivity index (χ0v) is 12.6. The lowest BCUT2D eigenvalue weighted by Gasteiger charge is -2.06. The van der Waals surface area contributed by atoms with Crippen LogP contribution in [0.15, 0.2) is 23.8 Å². The Balaban J connectivity index is 2.17. The van der Waals surface area contributed by atoms with E-state index in [9.17, 15) is 9.59 Å². The molecule has 0 fully saturated rings. The standard InChI is InChI=1S/C16H24O4/c1-12(2)20-16(18)9-7-5-4-6-8-13-10-14(19-3)11-15(13)17/h4,6,10,12,14H,5,7-9,11H2,1-3H3/b6-4-. The van der Waals surface area contributed by atoms with Crippen molar-refractivity contribution in [1.29, 1.82) is 0 Å². The number of rotatable bonds is 8. The van der Waals surface area contributed by atoms with Gasteiger partial charge < -0.3 is 9.47 Å². The van der Waals surface area contributed by atoms with E-state index >= 15 is 0 Å². The van der Waals surface area contributed by atoms with E-state index < -0.39 is 0 Å². The average Bonchev–Trinajstić information content (AvgIpc) is 2.73. The van der Waals surface area contributed by atoms with Crippen molar-refractivity contribution >= 4 is 11.8 Å². The van der Waals surface area contributed by atoms with Gasteiger partial charge in [-0.15, -0.1) is 0 Å². The summed E-state index contributed by atoms with van der Waals surface area (Å²) in [5, 5.41) is 0. The molecule has 0 bridgehead atoms. The molecule has 0 aromatic heterocycles. The first-order chi connectivity index (χ1) is 9.52. The van der Waals surface area contributed by atoms with Crippen LogP contribution >= 0.6 is 0 Å². The smallest absolute Gasteiger partial charge is 0.306 e. The number of Topliss-reactive ketones (excluding diaryl/α,β-unsaturated/α-hetero) is 1. The van der Waals surface area contributed by atoms with Crippen molar-refractivity contribution in [3.05, 3.63) is 23.8 Å². The molecule has 1 aliphatic rings. The molecule has 1 aliphatic carbocycles. The number of allylic oxidation sites excluding steroid dienone is 3. The molecular formula is C16H24O4. The highest BCUT2D eigenvalue weighted by atomic mass is 16.5. The van der Waals surface area contributed by atoms with E-state index in [0.29, 0.717) is 19.3 Å². The molecule has 0 radical (unpaired) electrons. The number of unbranched alkanes of at least 4 members (excludes halogenated alkanes) is 1. The molecule has 1 unspecified atom stereocenters. The summed E-state index contributed by atoms with van der Waals surface area (Å²) in [5.41, 5.74) is 0.826. The van der Waals surface area contributed by atoms with Crippen LogP contribution in [0.3, 0.4) is 0 Å². The number of carbonyl (C=O) groups excluding carboxylic acids is 2. The fraction of sp³-hybridized carbons (Fsp3) is 0.625. The number of hydrogen-bond donors (Lipinski definition) is 0. The molecule has 1 atom stereocenters. The monoisotopic (exact) mass is 280 g/mol. The highest BCUT2D eigenvalue weighted by molar-refractivity contribution is 5.98. The van der Waals surface area contributed by atoms with Crippen LogP contribution in [0, 0.1) is 0 Å². The molecule has 0 saturated carbocycles. The van der Waals surface area contributed by atoms with Gasteiger partial charge in [0.15, 0.2) is 5.78 Å². The van der Waals surface area contributed by atoms with Gasteiger partial charge >= 0.3 is 5.97 Å². The molecule has 0 aliphatic heterocycles. The summed E-state index contributed by atoms with van der Waals surface area (Å²) in [5.74, 6) is 0.0204. The zero-order chi connectivity index (χ0) is 15.0. The van der Waals surface area contributed by atoms with E-state index in [-0.39, 0.29) is 24.0 Å². The predicted molar refractivity (Wildman–Crippen MR) is 77.3 cm³/mol. The van der Waals surface area contributed by atoms with E-state index in [1.165, 1.54) is 0 Å². The van der Waals surface area contributed by atoms with Crippen LogP contribution in [0.1, 0.15) is 46.0 Å². The minimum atomic E-state index is -0.148. The van der Waals surface area contributed by atoms with Crippen molar-refractivity contribution in [3.8, 4) is 0 Å². The second kappa shape index (κ2) is 8.69. The number of ketones is 1. The Morgan fingerprint density at radius 1 is 1.45 bits per heavy atom. The first kappa shape index (κ1) is 16.6. The summed E-state index contributed by atoms with van der Waals surface area (Å²) in [4.78, 5) is 22.9. The average molecular weight is 280 g/mol. The highest BCUT2D eigenvalue weighted by Gasteiger charge is 2.22. The molecule has 0 N–H and O–H groups in total. The van der Waals surface area contributed by atoms with Crippen LogP contribution in [0.5, 0.6) is 0 Å². The number of esters is 1.